The van der Waals surface area contributed by atoms with Crippen LogP contribution in [-0.4, -0.2) is 32.4 Å². The standard InChI is InChI=1S/C13H23N3O/c1-10(2)16(11(3)4)13(17)6-8-15-9-7-14-12(15)5/h7,9-11H,6,8H2,1-5H3. The first-order valence-corrected chi connectivity index (χ1v) is 6.22. The maximum atomic E-state index is 12.1. The molecule has 4 nitrogen and oxygen atoms in total. The van der Waals surface area contributed by atoms with E-state index in [0.717, 1.165) is 5.82 Å². The smallest absolute Gasteiger partial charge is 0.224 e. The van der Waals surface area contributed by atoms with E-state index < -0.39 is 0 Å². The minimum atomic E-state index is 0.211. The zero-order valence-corrected chi connectivity index (χ0v) is 11.5. The van der Waals surface area contributed by atoms with Gasteiger partial charge in [0, 0.05) is 37.4 Å². The molecule has 1 aromatic heterocycles. The largest absolute Gasteiger partial charge is 0.338 e. The number of aromatic nitrogens is 2. The summed E-state index contributed by atoms with van der Waals surface area (Å²) in [5.41, 5.74) is 0. The predicted molar refractivity (Wildman–Crippen MR) is 68.7 cm³/mol. The van der Waals surface area contributed by atoms with Gasteiger partial charge in [-0.3, -0.25) is 4.79 Å². The van der Waals surface area contributed by atoms with E-state index in [4.69, 9.17) is 0 Å². The monoisotopic (exact) mass is 237 g/mol. The van der Waals surface area contributed by atoms with E-state index in [1.807, 2.05) is 22.6 Å². The molecule has 1 aromatic rings. The molecule has 1 amide bonds. The van der Waals surface area contributed by atoms with Crippen LogP contribution in [-0.2, 0) is 11.3 Å². The zero-order valence-electron chi connectivity index (χ0n) is 11.5. The van der Waals surface area contributed by atoms with Gasteiger partial charge < -0.3 is 9.47 Å². The van der Waals surface area contributed by atoms with Crippen molar-refractivity contribution in [3.8, 4) is 0 Å². The van der Waals surface area contributed by atoms with Crippen molar-refractivity contribution in [1.82, 2.24) is 14.5 Å². The second-order valence-corrected chi connectivity index (χ2v) is 4.91. The Hall–Kier alpha value is -1.32. The molecule has 0 unspecified atom stereocenters. The van der Waals surface area contributed by atoms with E-state index in [1.165, 1.54) is 0 Å². The molecule has 0 atom stereocenters. The van der Waals surface area contributed by atoms with Crippen molar-refractivity contribution in [2.24, 2.45) is 0 Å². The van der Waals surface area contributed by atoms with Crippen LogP contribution < -0.4 is 0 Å². The van der Waals surface area contributed by atoms with Crippen molar-refractivity contribution in [1.29, 1.82) is 0 Å². The lowest BCUT2D eigenvalue weighted by molar-refractivity contribution is -0.135. The lowest BCUT2D eigenvalue weighted by Crippen LogP contribution is -2.42. The van der Waals surface area contributed by atoms with Crippen molar-refractivity contribution >= 4 is 5.91 Å². The van der Waals surface area contributed by atoms with Crippen molar-refractivity contribution in [2.45, 2.75) is 59.7 Å². The summed E-state index contributed by atoms with van der Waals surface area (Å²) in [7, 11) is 0. The molecule has 0 saturated heterocycles. The number of imidazole rings is 1. The van der Waals surface area contributed by atoms with Gasteiger partial charge in [-0.2, -0.15) is 0 Å². The second kappa shape index (κ2) is 5.84. The molecule has 17 heavy (non-hydrogen) atoms. The van der Waals surface area contributed by atoms with E-state index >= 15 is 0 Å². The summed E-state index contributed by atoms with van der Waals surface area (Å²) in [5, 5.41) is 0. The summed E-state index contributed by atoms with van der Waals surface area (Å²) in [6, 6.07) is 0.512. The SMILES string of the molecule is Cc1nccn1CCC(=O)N(C(C)C)C(C)C. The number of carbonyl (C=O) groups excluding carboxylic acids is 1. The maximum absolute atomic E-state index is 12.1. The van der Waals surface area contributed by atoms with Gasteiger partial charge in [0.25, 0.3) is 0 Å². The van der Waals surface area contributed by atoms with Gasteiger partial charge >= 0.3 is 0 Å². The summed E-state index contributed by atoms with van der Waals surface area (Å²) in [6.45, 7) is 10.9. The fourth-order valence-corrected chi connectivity index (χ4v) is 2.16. The molecule has 0 aliphatic rings. The summed E-state index contributed by atoms with van der Waals surface area (Å²) in [4.78, 5) is 18.2. The van der Waals surface area contributed by atoms with E-state index in [1.54, 1.807) is 6.20 Å². The van der Waals surface area contributed by atoms with Gasteiger partial charge in [0.15, 0.2) is 0 Å². The van der Waals surface area contributed by atoms with Gasteiger partial charge in [0.1, 0.15) is 5.82 Å². The summed E-state index contributed by atoms with van der Waals surface area (Å²) < 4.78 is 2.01. The Morgan fingerprint density at radius 3 is 2.35 bits per heavy atom. The molecule has 0 radical (unpaired) electrons. The van der Waals surface area contributed by atoms with Crippen molar-refractivity contribution in [3.05, 3.63) is 18.2 Å². The van der Waals surface area contributed by atoms with Gasteiger partial charge in [-0.1, -0.05) is 0 Å². The van der Waals surface area contributed by atoms with Gasteiger partial charge in [-0.15, -0.1) is 0 Å². The number of hydrogen-bond donors (Lipinski definition) is 0. The van der Waals surface area contributed by atoms with E-state index in [2.05, 4.69) is 32.7 Å². The number of nitrogens with zero attached hydrogens (tertiary/aromatic N) is 3. The van der Waals surface area contributed by atoms with Crippen molar-refractivity contribution in [3.63, 3.8) is 0 Å². The first kappa shape index (κ1) is 13.7. The minimum absolute atomic E-state index is 0.211. The molecular weight excluding hydrogens is 214 g/mol. The van der Waals surface area contributed by atoms with Crippen LogP contribution in [0.25, 0.3) is 0 Å². The molecule has 0 aliphatic heterocycles. The predicted octanol–water partition coefficient (Wildman–Crippen LogP) is 2.23. The second-order valence-electron chi connectivity index (χ2n) is 4.91. The van der Waals surface area contributed by atoms with Crippen LogP contribution in [0.3, 0.4) is 0 Å². The highest BCUT2D eigenvalue weighted by atomic mass is 16.2. The molecule has 0 aliphatic carbocycles. The first-order valence-electron chi connectivity index (χ1n) is 6.22. The van der Waals surface area contributed by atoms with Crippen LogP contribution in [0, 0.1) is 6.92 Å². The molecule has 96 valence electrons. The molecule has 0 fully saturated rings. The normalized spacial score (nSPS) is 11.2. The lowest BCUT2D eigenvalue weighted by Gasteiger charge is -2.31. The van der Waals surface area contributed by atoms with Crippen LogP contribution in [0.2, 0.25) is 0 Å². The highest BCUT2D eigenvalue weighted by molar-refractivity contribution is 5.76. The molecule has 1 heterocycles. The number of aryl methyl sites for hydroxylation is 2. The number of rotatable bonds is 5. The average molecular weight is 237 g/mol. The van der Waals surface area contributed by atoms with Gasteiger partial charge in [-0.05, 0) is 34.6 Å². The first-order chi connectivity index (χ1) is 7.93. The van der Waals surface area contributed by atoms with Crippen molar-refractivity contribution in [2.75, 3.05) is 0 Å². The topological polar surface area (TPSA) is 38.1 Å². The van der Waals surface area contributed by atoms with Crippen LogP contribution >= 0.6 is 0 Å². The van der Waals surface area contributed by atoms with E-state index in [-0.39, 0.29) is 18.0 Å². The number of hydrogen-bond acceptors (Lipinski definition) is 2. The molecule has 0 spiro atoms. The van der Waals surface area contributed by atoms with Crippen LogP contribution in [0.5, 0.6) is 0 Å². The summed E-state index contributed by atoms with van der Waals surface area (Å²) in [6.07, 6.45) is 4.22. The Labute approximate surface area is 104 Å². The summed E-state index contributed by atoms with van der Waals surface area (Å²) >= 11 is 0. The van der Waals surface area contributed by atoms with Crippen molar-refractivity contribution < 1.29 is 4.79 Å². The molecule has 0 bridgehead atoms. The third-order valence-electron chi connectivity index (χ3n) is 2.89. The third kappa shape index (κ3) is 3.58. The fraction of sp³-hybridized carbons (Fsp3) is 0.692. The van der Waals surface area contributed by atoms with E-state index in [0.29, 0.717) is 13.0 Å². The molecule has 0 aromatic carbocycles. The quantitative estimate of drug-likeness (QED) is 0.787. The van der Waals surface area contributed by atoms with E-state index in [9.17, 15) is 4.79 Å². The average Bonchev–Trinajstić information content (AvgIpc) is 2.59. The van der Waals surface area contributed by atoms with Gasteiger partial charge in [-0.25, -0.2) is 4.98 Å². The number of carbonyl (C=O) groups is 1. The molecule has 0 saturated carbocycles. The fourth-order valence-electron chi connectivity index (χ4n) is 2.16. The van der Waals surface area contributed by atoms with Crippen LogP contribution in [0.1, 0.15) is 39.9 Å². The third-order valence-corrected chi connectivity index (χ3v) is 2.89. The highest BCUT2D eigenvalue weighted by Gasteiger charge is 2.19. The molecule has 0 N–H and O–H groups in total. The Morgan fingerprint density at radius 2 is 1.94 bits per heavy atom. The van der Waals surface area contributed by atoms with Gasteiger partial charge in [0.05, 0.1) is 0 Å². The Balaban J connectivity index is 2.57. The molecular formula is C13H23N3O. The number of amides is 1. The summed E-state index contributed by atoms with van der Waals surface area (Å²) in [5.74, 6) is 1.17. The Kier molecular flexibility index (Phi) is 4.73. The maximum Gasteiger partial charge on any atom is 0.224 e. The highest BCUT2D eigenvalue weighted by Crippen LogP contribution is 2.08. The minimum Gasteiger partial charge on any atom is -0.338 e. The zero-order chi connectivity index (χ0) is 13.0. The van der Waals surface area contributed by atoms with Crippen LogP contribution in [0.4, 0.5) is 0 Å². The van der Waals surface area contributed by atoms with Crippen LogP contribution in [0.15, 0.2) is 12.4 Å². The van der Waals surface area contributed by atoms with Gasteiger partial charge in [0.2, 0.25) is 5.91 Å². The Morgan fingerprint density at radius 1 is 1.35 bits per heavy atom. The lowest BCUT2D eigenvalue weighted by atomic mass is 10.2. The Bertz CT molecular complexity index is 360. The molecule has 1 rings (SSSR count). The molecule has 4 heteroatoms.